The van der Waals surface area contributed by atoms with E-state index in [9.17, 15) is 9.59 Å². The summed E-state index contributed by atoms with van der Waals surface area (Å²) < 4.78 is 5.68. The van der Waals surface area contributed by atoms with E-state index in [2.05, 4.69) is 5.32 Å². The van der Waals surface area contributed by atoms with Crippen molar-refractivity contribution in [2.24, 2.45) is 0 Å². The number of amides is 3. The van der Waals surface area contributed by atoms with Crippen LogP contribution in [0.2, 0.25) is 5.02 Å². The Morgan fingerprint density at radius 3 is 2.30 bits per heavy atom. The number of nitrogens with one attached hydrogen (secondary N) is 1. The van der Waals surface area contributed by atoms with Crippen LogP contribution < -0.4 is 10.1 Å². The number of carbonyl (C=O) groups excluding carboxylic acids is 2. The molecule has 1 aliphatic heterocycles. The zero-order chi connectivity index (χ0) is 21.0. The van der Waals surface area contributed by atoms with Crippen molar-refractivity contribution in [2.75, 3.05) is 13.2 Å². The molecule has 0 bridgehead atoms. The summed E-state index contributed by atoms with van der Waals surface area (Å²) in [5.41, 5.74) is 0.577. The van der Waals surface area contributed by atoms with Gasteiger partial charge in [0.15, 0.2) is 5.54 Å². The molecule has 152 valence electrons. The first-order valence-corrected chi connectivity index (χ1v) is 10.1. The van der Waals surface area contributed by atoms with Crippen LogP contribution in [0.3, 0.4) is 0 Å². The lowest BCUT2D eigenvalue weighted by Crippen LogP contribution is -2.46. The highest BCUT2D eigenvalue weighted by atomic mass is 35.5. The molecule has 0 aliphatic carbocycles. The Kier molecular flexibility index (Phi) is 5.72. The van der Waals surface area contributed by atoms with Crippen LogP contribution in [0.4, 0.5) is 4.79 Å². The molecule has 0 spiro atoms. The number of halogens is 1. The predicted octanol–water partition coefficient (Wildman–Crippen LogP) is 4.41. The lowest BCUT2D eigenvalue weighted by molar-refractivity contribution is -0.131. The first-order chi connectivity index (χ1) is 14.6. The Balaban J connectivity index is 1.56. The molecular weight excluding hydrogens is 400 g/mol. The molecule has 5 nitrogen and oxygen atoms in total. The van der Waals surface area contributed by atoms with E-state index in [1.165, 1.54) is 4.90 Å². The molecule has 4 rings (SSSR count). The van der Waals surface area contributed by atoms with Crippen LogP contribution in [-0.4, -0.2) is 30.0 Å². The highest BCUT2D eigenvalue weighted by molar-refractivity contribution is 6.30. The number of hydrogen-bond donors (Lipinski definition) is 1. The molecule has 3 aromatic rings. The third kappa shape index (κ3) is 4.02. The fraction of sp³-hybridized carbons (Fsp3) is 0.167. The highest BCUT2D eigenvalue weighted by Gasteiger charge is 2.52. The van der Waals surface area contributed by atoms with Crippen molar-refractivity contribution in [3.05, 3.63) is 101 Å². The van der Waals surface area contributed by atoms with Crippen molar-refractivity contribution in [3.63, 3.8) is 0 Å². The van der Waals surface area contributed by atoms with E-state index in [0.717, 1.165) is 11.1 Å². The second kappa shape index (κ2) is 8.59. The molecule has 3 aromatic carbocycles. The van der Waals surface area contributed by atoms with Gasteiger partial charge >= 0.3 is 6.03 Å². The molecule has 1 atom stereocenters. The molecule has 30 heavy (non-hydrogen) atoms. The second-order valence-corrected chi connectivity index (χ2v) is 7.56. The lowest BCUT2D eigenvalue weighted by atomic mass is 9.83. The van der Waals surface area contributed by atoms with Crippen LogP contribution in [0.25, 0.3) is 0 Å². The van der Waals surface area contributed by atoms with E-state index < -0.39 is 11.6 Å². The standard InChI is InChI=1S/C24H21ClN2O3/c25-20-12-7-13-21(16-20)30-15-14-27-22(28)24(26-23(27)29,19-10-5-2-6-11-19)17-18-8-3-1-4-9-18/h1-13,16H,14-15,17H2,(H,26,29)/t24-/m0/s1. The second-order valence-electron chi connectivity index (χ2n) is 7.13. The molecule has 1 fully saturated rings. The summed E-state index contributed by atoms with van der Waals surface area (Å²) in [5.74, 6) is 0.311. The Bertz CT molecular complexity index is 1040. The highest BCUT2D eigenvalue weighted by Crippen LogP contribution is 2.33. The summed E-state index contributed by atoms with van der Waals surface area (Å²) in [6, 6.07) is 25.6. The summed E-state index contributed by atoms with van der Waals surface area (Å²) in [6.07, 6.45) is 0.369. The Hall–Kier alpha value is -3.31. The largest absolute Gasteiger partial charge is 0.492 e. The van der Waals surface area contributed by atoms with Crippen LogP contribution in [0.15, 0.2) is 84.9 Å². The fourth-order valence-electron chi connectivity index (χ4n) is 3.68. The van der Waals surface area contributed by atoms with Gasteiger partial charge in [0.05, 0.1) is 6.54 Å². The average Bonchev–Trinajstić information content (AvgIpc) is 3.00. The van der Waals surface area contributed by atoms with E-state index in [1.807, 2.05) is 60.7 Å². The first-order valence-electron chi connectivity index (χ1n) is 9.70. The molecule has 0 saturated carbocycles. The van der Waals surface area contributed by atoms with E-state index in [0.29, 0.717) is 17.2 Å². The number of urea groups is 1. The Morgan fingerprint density at radius 1 is 0.900 bits per heavy atom. The molecule has 1 aliphatic rings. The topological polar surface area (TPSA) is 58.6 Å². The summed E-state index contributed by atoms with van der Waals surface area (Å²) in [6.45, 7) is 0.316. The van der Waals surface area contributed by atoms with E-state index >= 15 is 0 Å². The zero-order valence-electron chi connectivity index (χ0n) is 16.3. The summed E-state index contributed by atoms with van der Waals surface area (Å²) >= 11 is 5.97. The van der Waals surface area contributed by atoms with Crippen LogP contribution >= 0.6 is 11.6 Å². The third-order valence-corrected chi connectivity index (χ3v) is 5.37. The Morgan fingerprint density at radius 2 is 1.60 bits per heavy atom. The van der Waals surface area contributed by atoms with Crippen molar-refractivity contribution in [2.45, 2.75) is 12.0 Å². The number of ether oxygens (including phenoxy) is 1. The predicted molar refractivity (Wildman–Crippen MR) is 115 cm³/mol. The van der Waals surface area contributed by atoms with Gasteiger partial charge in [-0.2, -0.15) is 0 Å². The number of rotatable bonds is 7. The van der Waals surface area contributed by atoms with Gasteiger partial charge in [-0.05, 0) is 29.3 Å². The van der Waals surface area contributed by atoms with Crippen LogP contribution in [0.1, 0.15) is 11.1 Å². The van der Waals surface area contributed by atoms with Gasteiger partial charge in [0.25, 0.3) is 5.91 Å². The van der Waals surface area contributed by atoms with Gasteiger partial charge in [0.2, 0.25) is 0 Å². The van der Waals surface area contributed by atoms with Crippen molar-refractivity contribution >= 4 is 23.5 Å². The third-order valence-electron chi connectivity index (χ3n) is 5.13. The Labute approximate surface area is 180 Å². The normalized spacial score (nSPS) is 18.4. The van der Waals surface area contributed by atoms with Crippen LogP contribution in [0, 0.1) is 0 Å². The van der Waals surface area contributed by atoms with Crippen molar-refractivity contribution in [3.8, 4) is 5.75 Å². The van der Waals surface area contributed by atoms with Crippen LogP contribution in [-0.2, 0) is 16.8 Å². The molecular formula is C24H21ClN2O3. The number of imide groups is 1. The molecule has 1 heterocycles. The molecule has 1 N–H and O–H groups in total. The molecule has 3 amide bonds. The molecule has 0 radical (unpaired) electrons. The minimum absolute atomic E-state index is 0.139. The maximum absolute atomic E-state index is 13.5. The van der Waals surface area contributed by atoms with Gasteiger partial charge in [-0.25, -0.2) is 4.79 Å². The maximum atomic E-state index is 13.5. The first kappa shape index (κ1) is 20.0. The lowest BCUT2D eigenvalue weighted by Gasteiger charge is -2.27. The monoisotopic (exact) mass is 420 g/mol. The van der Waals surface area contributed by atoms with Gasteiger partial charge < -0.3 is 10.1 Å². The van der Waals surface area contributed by atoms with Gasteiger partial charge in [-0.15, -0.1) is 0 Å². The van der Waals surface area contributed by atoms with Crippen LogP contribution in [0.5, 0.6) is 5.75 Å². The SMILES string of the molecule is O=C1N[C@@](Cc2ccccc2)(c2ccccc2)C(=O)N1CCOc1cccc(Cl)c1. The quantitative estimate of drug-likeness (QED) is 0.576. The van der Waals surface area contributed by atoms with E-state index in [1.54, 1.807) is 24.3 Å². The van der Waals surface area contributed by atoms with Gasteiger partial charge in [0.1, 0.15) is 12.4 Å². The van der Waals surface area contributed by atoms with Gasteiger partial charge in [0, 0.05) is 11.4 Å². The number of carbonyl (C=O) groups is 2. The minimum Gasteiger partial charge on any atom is -0.492 e. The molecule has 1 saturated heterocycles. The average molecular weight is 421 g/mol. The molecule has 6 heteroatoms. The number of hydrogen-bond acceptors (Lipinski definition) is 3. The zero-order valence-corrected chi connectivity index (χ0v) is 17.0. The molecule has 0 aromatic heterocycles. The van der Waals surface area contributed by atoms with Gasteiger partial charge in [-0.1, -0.05) is 78.3 Å². The smallest absolute Gasteiger partial charge is 0.325 e. The van der Waals surface area contributed by atoms with Crippen molar-refractivity contribution in [1.82, 2.24) is 10.2 Å². The van der Waals surface area contributed by atoms with Crippen molar-refractivity contribution < 1.29 is 14.3 Å². The van der Waals surface area contributed by atoms with Gasteiger partial charge in [-0.3, -0.25) is 9.69 Å². The molecule has 0 unspecified atom stereocenters. The summed E-state index contributed by atoms with van der Waals surface area (Å²) in [5, 5.41) is 3.51. The fourth-order valence-corrected chi connectivity index (χ4v) is 3.86. The number of benzene rings is 3. The van der Waals surface area contributed by atoms with Crippen molar-refractivity contribution in [1.29, 1.82) is 0 Å². The number of nitrogens with zero attached hydrogens (tertiary/aromatic N) is 1. The summed E-state index contributed by atoms with van der Waals surface area (Å²) in [7, 11) is 0. The van der Waals surface area contributed by atoms with E-state index in [4.69, 9.17) is 16.3 Å². The minimum atomic E-state index is -1.14. The van der Waals surface area contributed by atoms with E-state index in [-0.39, 0.29) is 19.1 Å². The summed E-state index contributed by atoms with van der Waals surface area (Å²) in [4.78, 5) is 27.5. The maximum Gasteiger partial charge on any atom is 0.325 e.